The number of likely N-dealkylation sites (tertiary alicyclic amines) is 1. The molecule has 0 aromatic carbocycles. The number of primary amides is 1. The summed E-state index contributed by atoms with van der Waals surface area (Å²) < 4.78 is 0.832. The van der Waals surface area contributed by atoms with Crippen LogP contribution in [0.4, 0.5) is 5.82 Å². The number of hydrogen-bond acceptors (Lipinski definition) is 4. The molecule has 3 N–H and O–H groups in total. The van der Waals surface area contributed by atoms with Crippen LogP contribution in [0.2, 0.25) is 0 Å². The third kappa shape index (κ3) is 3.96. The number of nitrogens with one attached hydrogen (secondary N) is 1. The number of nitrogens with two attached hydrogens (primary N) is 1. The molecule has 2 rings (SSSR count). The number of carbonyl (C=O) groups excluding carboxylic acids is 1. The number of pyridine rings is 1. The Morgan fingerprint density at radius 3 is 2.83 bits per heavy atom. The molecule has 1 aliphatic rings. The van der Waals surface area contributed by atoms with Gasteiger partial charge in [0.15, 0.2) is 0 Å². The zero-order valence-corrected chi connectivity index (χ0v) is 11.7. The Balaban J connectivity index is 1.81. The average molecular weight is 313 g/mol. The van der Waals surface area contributed by atoms with Gasteiger partial charge in [0.2, 0.25) is 5.91 Å². The van der Waals surface area contributed by atoms with Gasteiger partial charge >= 0.3 is 0 Å². The quantitative estimate of drug-likeness (QED) is 0.820. The van der Waals surface area contributed by atoms with Crippen LogP contribution in [0.15, 0.2) is 22.8 Å². The lowest BCUT2D eigenvalue weighted by atomic mass is 10.1. The van der Waals surface area contributed by atoms with Crippen molar-refractivity contribution in [1.82, 2.24) is 9.88 Å². The number of anilines is 1. The summed E-state index contributed by atoms with van der Waals surface area (Å²) in [5.74, 6) is 0.632. The molecule has 0 unspecified atom stereocenters. The number of rotatable bonds is 4. The van der Waals surface area contributed by atoms with Crippen molar-refractivity contribution < 1.29 is 4.79 Å². The Hall–Kier alpha value is -1.14. The van der Waals surface area contributed by atoms with Gasteiger partial charge in [-0.2, -0.15) is 0 Å². The molecule has 18 heavy (non-hydrogen) atoms. The topological polar surface area (TPSA) is 71.2 Å². The standard InChI is InChI=1S/C12H17BrN4O/c13-10-2-1-3-12(16-10)15-9-4-6-17(7-5-9)8-11(14)18/h1-3,9H,4-8H2,(H2,14,18)(H,15,16). The van der Waals surface area contributed by atoms with Crippen molar-refractivity contribution in [2.24, 2.45) is 5.73 Å². The van der Waals surface area contributed by atoms with Crippen LogP contribution in [0.5, 0.6) is 0 Å². The highest BCUT2D eigenvalue weighted by molar-refractivity contribution is 9.10. The van der Waals surface area contributed by atoms with Crippen LogP contribution in [0.1, 0.15) is 12.8 Å². The van der Waals surface area contributed by atoms with Crippen molar-refractivity contribution >= 4 is 27.7 Å². The number of nitrogens with zero attached hydrogens (tertiary/aromatic N) is 2. The van der Waals surface area contributed by atoms with E-state index in [9.17, 15) is 4.79 Å². The lowest BCUT2D eigenvalue weighted by Gasteiger charge is -2.31. The van der Waals surface area contributed by atoms with E-state index in [1.807, 2.05) is 18.2 Å². The molecule has 0 bridgehead atoms. The average Bonchev–Trinajstić information content (AvgIpc) is 2.31. The first kappa shape index (κ1) is 13.3. The zero-order valence-electron chi connectivity index (χ0n) is 10.1. The minimum absolute atomic E-state index is 0.255. The second-order valence-corrected chi connectivity index (χ2v) is 5.32. The molecule has 1 saturated heterocycles. The Bertz CT molecular complexity index is 418. The monoisotopic (exact) mass is 312 g/mol. The highest BCUT2D eigenvalue weighted by Gasteiger charge is 2.20. The van der Waals surface area contributed by atoms with Crippen molar-refractivity contribution in [2.45, 2.75) is 18.9 Å². The van der Waals surface area contributed by atoms with Gasteiger partial charge in [-0.05, 0) is 40.9 Å². The van der Waals surface area contributed by atoms with E-state index in [1.165, 1.54) is 0 Å². The molecular weight excluding hydrogens is 296 g/mol. The number of carbonyl (C=O) groups is 1. The van der Waals surface area contributed by atoms with E-state index in [0.29, 0.717) is 12.6 Å². The summed E-state index contributed by atoms with van der Waals surface area (Å²) in [7, 11) is 0. The van der Waals surface area contributed by atoms with Crippen LogP contribution in [-0.4, -0.2) is 41.5 Å². The molecular formula is C12H17BrN4O. The summed E-state index contributed by atoms with van der Waals surface area (Å²) >= 11 is 3.35. The van der Waals surface area contributed by atoms with Gasteiger partial charge in [0.25, 0.3) is 0 Å². The molecule has 98 valence electrons. The normalized spacial score (nSPS) is 17.6. The largest absolute Gasteiger partial charge is 0.369 e. The Morgan fingerprint density at radius 1 is 1.50 bits per heavy atom. The van der Waals surface area contributed by atoms with E-state index in [1.54, 1.807) is 0 Å². The number of piperidine rings is 1. The van der Waals surface area contributed by atoms with Gasteiger partial charge in [0.05, 0.1) is 6.54 Å². The van der Waals surface area contributed by atoms with Crippen LogP contribution in [-0.2, 0) is 4.79 Å². The highest BCUT2D eigenvalue weighted by atomic mass is 79.9. The predicted octanol–water partition coefficient (Wildman–Crippen LogP) is 1.21. The maximum Gasteiger partial charge on any atom is 0.231 e. The van der Waals surface area contributed by atoms with E-state index >= 15 is 0 Å². The van der Waals surface area contributed by atoms with E-state index in [2.05, 4.69) is 31.1 Å². The van der Waals surface area contributed by atoms with Gasteiger partial charge in [-0.1, -0.05) is 6.07 Å². The number of hydrogen-bond donors (Lipinski definition) is 2. The minimum Gasteiger partial charge on any atom is -0.369 e. The molecule has 1 fully saturated rings. The second-order valence-electron chi connectivity index (χ2n) is 4.51. The number of aromatic nitrogens is 1. The van der Waals surface area contributed by atoms with Crippen LogP contribution < -0.4 is 11.1 Å². The molecule has 1 aromatic rings. The first-order valence-electron chi connectivity index (χ1n) is 6.03. The fourth-order valence-electron chi connectivity index (χ4n) is 2.15. The summed E-state index contributed by atoms with van der Waals surface area (Å²) in [5.41, 5.74) is 5.19. The van der Waals surface area contributed by atoms with Crippen molar-refractivity contribution in [3.05, 3.63) is 22.8 Å². The van der Waals surface area contributed by atoms with Crippen molar-refractivity contribution in [1.29, 1.82) is 0 Å². The van der Waals surface area contributed by atoms with E-state index in [0.717, 1.165) is 36.4 Å². The molecule has 6 heteroatoms. The Morgan fingerprint density at radius 2 is 2.22 bits per heavy atom. The second kappa shape index (κ2) is 6.15. The molecule has 0 radical (unpaired) electrons. The number of halogens is 1. The van der Waals surface area contributed by atoms with E-state index < -0.39 is 0 Å². The van der Waals surface area contributed by atoms with Crippen LogP contribution >= 0.6 is 15.9 Å². The summed E-state index contributed by atoms with van der Waals surface area (Å²) in [5, 5.41) is 3.41. The first-order chi connectivity index (χ1) is 8.63. The van der Waals surface area contributed by atoms with Gasteiger partial charge in [0, 0.05) is 19.1 Å². The van der Waals surface area contributed by atoms with Gasteiger partial charge in [-0.3, -0.25) is 9.69 Å². The summed E-state index contributed by atoms with van der Waals surface area (Å²) in [6.07, 6.45) is 2.00. The maximum absolute atomic E-state index is 10.8. The smallest absolute Gasteiger partial charge is 0.231 e. The molecule has 0 atom stereocenters. The van der Waals surface area contributed by atoms with E-state index in [-0.39, 0.29) is 5.91 Å². The van der Waals surface area contributed by atoms with Gasteiger partial charge in [0.1, 0.15) is 10.4 Å². The minimum atomic E-state index is -0.255. The molecule has 0 aliphatic carbocycles. The van der Waals surface area contributed by atoms with Gasteiger partial charge < -0.3 is 11.1 Å². The Labute approximate surface area is 115 Å². The Kier molecular flexibility index (Phi) is 4.54. The maximum atomic E-state index is 10.8. The SMILES string of the molecule is NC(=O)CN1CCC(Nc2cccc(Br)n2)CC1. The van der Waals surface area contributed by atoms with Gasteiger partial charge in [-0.15, -0.1) is 0 Å². The van der Waals surface area contributed by atoms with Crippen molar-refractivity contribution in [3.8, 4) is 0 Å². The molecule has 0 saturated carbocycles. The lowest BCUT2D eigenvalue weighted by molar-refractivity contribution is -0.119. The molecule has 5 nitrogen and oxygen atoms in total. The molecule has 1 amide bonds. The molecule has 1 aromatic heterocycles. The summed E-state index contributed by atoms with van der Waals surface area (Å²) in [6, 6.07) is 6.24. The van der Waals surface area contributed by atoms with Crippen LogP contribution in [0.3, 0.4) is 0 Å². The first-order valence-corrected chi connectivity index (χ1v) is 6.82. The molecule has 0 spiro atoms. The number of amides is 1. The van der Waals surface area contributed by atoms with Crippen molar-refractivity contribution in [3.63, 3.8) is 0 Å². The van der Waals surface area contributed by atoms with Crippen molar-refractivity contribution in [2.75, 3.05) is 25.0 Å². The third-order valence-corrected chi connectivity index (χ3v) is 3.48. The summed E-state index contributed by atoms with van der Waals surface area (Å²) in [4.78, 5) is 17.3. The lowest BCUT2D eigenvalue weighted by Crippen LogP contribution is -2.43. The summed E-state index contributed by atoms with van der Waals surface area (Å²) in [6.45, 7) is 2.16. The molecule has 1 aliphatic heterocycles. The highest BCUT2D eigenvalue weighted by Crippen LogP contribution is 2.16. The molecule has 2 heterocycles. The van der Waals surface area contributed by atoms with Crippen LogP contribution in [0, 0.1) is 0 Å². The van der Waals surface area contributed by atoms with Gasteiger partial charge in [-0.25, -0.2) is 4.98 Å². The van der Waals surface area contributed by atoms with E-state index in [4.69, 9.17) is 5.73 Å². The van der Waals surface area contributed by atoms with Crippen LogP contribution in [0.25, 0.3) is 0 Å². The fraction of sp³-hybridized carbons (Fsp3) is 0.500. The zero-order chi connectivity index (χ0) is 13.0. The predicted molar refractivity (Wildman–Crippen MR) is 74.2 cm³/mol. The third-order valence-electron chi connectivity index (χ3n) is 3.03. The fourth-order valence-corrected chi connectivity index (χ4v) is 2.50.